The van der Waals surface area contributed by atoms with E-state index < -0.39 is 0 Å². The molecule has 134 valence electrons. The highest BCUT2D eigenvalue weighted by Gasteiger charge is 2.36. The Bertz CT molecular complexity index is 902. The fraction of sp³-hybridized carbons (Fsp3) is 0.389. The molecule has 0 N–H and O–H groups in total. The van der Waals surface area contributed by atoms with Gasteiger partial charge >= 0.3 is 0 Å². The van der Waals surface area contributed by atoms with Gasteiger partial charge in [0.05, 0.1) is 0 Å². The first-order valence-electron chi connectivity index (χ1n) is 8.83. The summed E-state index contributed by atoms with van der Waals surface area (Å²) < 4.78 is 19.0. The van der Waals surface area contributed by atoms with E-state index in [2.05, 4.69) is 29.7 Å². The van der Waals surface area contributed by atoms with Crippen molar-refractivity contribution in [3.63, 3.8) is 0 Å². The molecule has 8 heteroatoms. The minimum Gasteiger partial charge on any atom is -0.423 e. The number of hydrogen-bond donors (Lipinski definition) is 0. The third kappa shape index (κ3) is 2.76. The van der Waals surface area contributed by atoms with Crippen LogP contribution in [0.3, 0.4) is 0 Å². The molecule has 0 bridgehead atoms. The molecule has 0 saturated carbocycles. The van der Waals surface area contributed by atoms with Gasteiger partial charge in [0.1, 0.15) is 11.3 Å². The van der Waals surface area contributed by atoms with Crippen LogP contribution in [-0.2, 0) is 0 Å². The van der Waals surface area contributed by atoms with Gasteiger partial charge in [0.15, 0.2) is 5.58 Å². The number of oxazole rings is 1. The third-order valence-corrected chi connectivity index (χ3v) is 5.14. The number of halogens is 1. The van der Waals surface area contributed by atoms with Crippen LogP contribution in [0.5, 0.6) is 0 Å². The summed E-state index contributed by atoms with van der Waals surface area (Å²) in [6.45, 7) is 5.63. The van der Waals surface area contributed by atoms with Gasteiger partial charge < -0.3 is 14.2 Å². The fourth-order valence-electron chi connectivity index (χ4n) is 3.61. The molecule has 0 radical (unpaired) electrons. The molecule has 2 aromatic heterocycles. The van der Waals surface area contributed by atoms with Crippen LogP contribution in [0.2, 0.25) is 0 Å². The second-order valence-electron chi connectivity index (χ2n) is 6.74. The third-order valence-electron chi connectivity index (χ3n) is 5.14. The smallest absolute Gasteiger partial charge is 0.298 e. The maximum atomic E-state index is 13.3. The Morgan fingerprint density at radius 2 is 1.77 bits per heavy atom. The Hall–Kier alpha value is -2.74. The summed E-state index contributed by atoms with van der Waals surface area (Å²) in [6.07, 6.45) is 3.56. The Labute approximate surface area is 150 Å². The molecular weight excluding hydrogens is 335 g/mol. The fourth-order valence-corrected chi connectivity index (χ4v) is 3.61. The van der Waals surface area contributed by atoms with E-state index in [9.17, 15) is 4.39 Å². The summed E-state index contributed by atoms with van der Waals surface area (Å²) in [4.78, 5) is 19.9. The molecule has 2 saturated heterocycles. The number of rotatable bonds is 3. The zero-order valence-electron chi connectivity index (χ0n) is 14.3. The first-order chi connectivity index (χ1) is 12.8. The number of fused-ring (bicyclic) bond motifs is 1. The molecule has 2 aliphatic rings. The molecule has 3 aromatic rings. The first kappa shape index (κ1) is 15.5. The molecule has 4 heterocycles. The van der Waals surface area contributed by atoms with Gasteiger partial charge in [-0.25, -0.2) is 14.4 Å². The molecule has 7 nitrogen and oxygen atoms in total. The quantitative estimate of drug-likeness (QED) is 0.710. The van der Waals surface area contributed by atoms with E-state index in [1.165, 1.54) is 12.1 Å². The molecule has 1 aromatic carbocycles. The normalized spacial score (nSPS) is 19.1. The van der Waals surface area contributed by atoms with Crippen LogP contribution in [0.25, 0.3) is 11.1 Å². The summed E-state index contributed by atoms with van der Waals surface area (Å²) in [5.41, 5.74) is 1.20. The standard InChI is InChI=1S/C18H19FN6O/c19-13-2-3-16-15(10-13)22-18(26-16)25-11-14(12-25)23-6-8-24(9-7-23)17-20-4-1-5-21-17/h1-5,10,14H,6-9,11-12H2. The molecular formula is C18H19FN6O. The summed E-state index contributed by atoms with van der Waals surface area (Å²) in [6, 6.07) is 7.35. The average molecular weight is 354 g/mol. The lowest BCUT2D eigenvalue weighted by atomic mass is 10.1. The van der Waals surface area contributed by atoms with Crippen molar-refractivity contribution >= 4 is 23.1 Å². The summed E-state index contributed by atoms with van der Waals surface area (Å²) in [5.74, 6) is 0.514. The maximum absolute atomic E-state index is 13.3. The van der Waals surface area contributed by atoms with Crippen molar-refractivity contribution in [1.82, 2.24) is 19.9 Å². The monoisotopic (exact) mass is 354 g/mol. The van der Waals surface area contributed by atoms with Gasteiger partial charge in [0.2, 0.25) is 5.95 Å². The molecule has 2 fully saturated rings. The average Bonchev–Trinajstić information content (AvgIpc) is 3.04. The minimum atomic E-state index is -0.292. The van der Waals surface area contributed by atoms with Gasteiger partial charge in [0, 0.05) is 63.8 Å². The Kier molecular flexibility index (Phi) is 3.70. The van der Waals surface area contributed by atoms with Crippen molar-refractivity contribution < 1.29 is 8.81 Å². The van der Waals surface area contributed by atoms with Crippen LogP contribution in [0.15, 0.2) is 41.1 Å². The van der Waals surface area contributed by atoms with Crippen molar-refractivity contribution in [2.45, 2.75) is 6.04 Å². The van der Waals surface area contributed by atoms with E-state index in [-0.39, 0.29) is 5.82 Å². The highest BCUT2D eigenvalue weighted by atomic mass is 19.1. The van der Waals surface area contributed by atoms with Crippen molar-refractivity contribution in [2.75, 3.05) is 49.1 Å². The molecule has 26 heavy (non-hydrogen) atoms. The lowest BCUT2D eigenvalue weighted by Gasteiger charge is -2.47. The predicted molar refractivity (Wildman–Crippen MR) is 95.8 cm³/mol. The largest absolute Gasteiger partial charge is 0.423 e. The number of nitrogens with zero attached hydrogens (tertiary/aromatic N) is 6. The van der Waals surface area contributed by atoms with E-state index >= 15 is 0 Å². The van der Waals surface area contributed by atoms with Gasteiger partial charge in [-0.2, -0.15) is 4.98 Å². The second kappa shape index (κ2) is 6.21. The van der Waals surface area contributed by atoms with Gasteiger partial charge in [-0.3, -0.25) is 4.90 Å². The van der Waals surface area contributed by atoms with Crippen LogP contribution in [-0.4, -0.2) is 65.2 Å². The van der Waals surface area contributed by atoms with Crippen molar-refractivity contribution in [3.8, 4) is 0 Å². The first-order valence-corrected chi connectivity index (χ1v) is 8.83. The van der Waals surface area contributed by atoms with E-state index in [1.807, 2.05) is 6.07 Å². The van der Waals surface area contributed by atoms with E-state index in [0.29, 0.717) is 23.2 Å². The van der Waals surface area contributed by atoms with Crippen LogP contribution in [0, 0.1) is 5.82 Å². The summed E-state index contributed by atoms with van der Waals surface area (Å²) in [5, 5.41) is 0. The molecule has 0 atom stereocenters. The molecule has 0 amide bonds. The maximum Gasteiger partial charge on any atom is 0.298 e. The molecule has 5 rings (SSSR count). The zero-order chi connectivity index (χ0) is 17.5. The highest BCUT2D eigenvalue weighted by Crippen LogP contribution is 2.28. The number of anilines is 2. The molecule has 0 unspecified atom stereocenters. The van der Waals surface area contributed by atoms with E-state index in [1.54, 1.807) is 18.5 Å². The molecule has 2 aliphatic heterocycles. The van der Waals surface area contributed by atoms with Gasteiger partial charge in [0.25, 0.3) is 6.01 Å². The number of benzene rings is 1. The Morgan fingerprint density at radius 3 is 2.54 bits per heavy atom. The van der Waals surface area contributed by atoms with Gasteiger partial charge in [-0.15, -0.1) is 0 Å². The van der Waals surface area contributed by atoms with Crippen LogP contribution in [0.4, 0.5) is 16.4 Å². The van der Waals surface area contributed by atoms with Crippen molar-refractivity contribution in [1.29, 1.82) is 0 Å². The summed E-state index contributed by atoms with van der Waals surface area (Å²) in [7, 11) is 0. The van der Waals surface area contributed by atoms with Crippen molar-refractivity contribution in [3.05, 3.63) is 42.5 Å². The minimum absolute atomic E-state index is 0.292. The summed E-state index contributed by atoms with van der Waals surface area (Å²) >= 11 is 0. The van der Waals surface area contributed by atoms with Crippen LogP contribution in [0.1, 0.15) is 0 Å². The Balaban J connectivity index is 1.18. The number of aromatic nitrogens is 3. The van der Waals surface area contributed by atoms with E-state index in [4.69, 9.17) is 4.42 Å². The topological polar surface area (TPSA) is 61.5 Å². The van der Waals surface area contributed by atoms with E-state index in [0.717, 1.165) is 45.2 Å². The molecule has 0 spiro atoms. The SMILES string of the molecule is Fc1ccc2oc(N3CC(N4CCN(c5ncccn5)CC4)C3)nc2c1. The lowest BCUT2D eigenvalue weighted by Crippen LogP contribution is -2.63. The number of piperazine rings is 1. The second-order valence-corrected chi connectivity index (χ2v) is 6.74. The predicted octanol–water partition coefficient (Wildman–Crippen LogP) is 1.77. The van der Waals surface area contributed by atoms with Gasteiger partial charge in [-0.05, 0) is 18.2 Å². The molecule has 0 aliphatic carbocycles. The highest BCUT2D eigenvalue weighted by molar-refractivity contribution is 5.74. The van der Waals surface area contributed by atoms with Crippen LogP contribution >= 0.6 is 0 Å². The lowest BCUT2D eigenvalue weighted by molar-refractivity contribution is 0.153. The Morgan fingerprint density at radius 1 is 1.00 bits per heavy atom. The van der Waals surface area contributed by atoms with Crippen LogP contribution < -0.4 is 9.80 Å². The zero-order valence-corrected chi connectivity index (χ0v) is 14.3. The van der Waals surface area contributed by atoms with Gasteiger partial charge in [-0.1, -0.05) is 0 Å². The number of hydrogen-bond acceptors (Lipinski definition) is 7. The van der Waals surface area contributed by atoms with Crippen molar-refractivity contribution in [2.24, 2.45) is 0 Å².